The number of aromatic nitrogens is 1. The number of carbonyl (C=O) groups is 1. The number of rotatable bonds is 3. The lowest BCUT2D eigenvalue weighted by Crippen LogP contribution is -2.34. The maximum absolute atomic E-state index is 13.9. The number of fused-ring (bicyclic) bond motifs is 1. The van der Waals surface area contributed by atoms with Crippen molar-refractivity contribution < 1.29 is 13.6 Å². The Morgan fingerprint density at radius 2 is 1.85 bits per heavy atom. The molecule has 0 bridgehead atoms. The Morgan fingerprint density at radius 3 is 2.62 bits per heavy atom. The highest BCUT2D eigenvalue weighted by molar-refractivity contribution is 5.93. The van der Waals surface area contributed by atoms with Gasteiger partial charge in [-0.2, -0.15) is 0 Å². The Balaban J connectivity index is 1.67. The molecule has 1 aromatic heterocycles. The van der Waals surface area contributed by atoms with Gasteiger partial charge in [0, 0.05) is 30.4 Å². The molecular weight excluding hydrogens is 334 g/mol. The summed E-state index contributed by atoms with van der Waals surface area (Å²) in [6, 6.07) is 17.0. The van der Waals surface area contributed by atoms with E-state index in [0.717, 1.165) is 29.9 Å². The quantitative estimate of drug-likeness (QED) is 0.737. The van der Waals surface area contributed by atoms with Crippen LogP contribution < -0.4 is 5.32 Å². The largest absolute Gasteiger partial charge is 0.351 e. The third kappa shape index (κ3) is 3.01. The monoisotopic (exact) mass is 352 g/mol. The topological polar surface area (TPSA) is 34.0 Å². The first kappa shape index (κ1) is 16.5. The number of aryl methyl sites for hydroxylation is 1. The van der Waals surface area contributed by atoms with Crippen molar-refractivity contribution in [2.24, 2.45) is 5.92 Å². The van der Waals surface area contributed by atoms with E-state index in [4.69, 9.17) is 0 Å². The summed E-state index contributed by atoms with van der Waals surface area (Å²) in [7, 11) is 0. The van der Waals surface area contributed by atoms with Crippen molar-refractivity contribution >= 4 is 11.6 Å². The zero-order chi connectivity index (χ0) is 18.1. The predicted octanol–water partition coefficient (Wildman–Crippen LogP) is 4.56. The van der Waals surface area contributed by atoms with Crippen LogP contribution in [0.1, 0.15) is 23.6 Å². The van der Waals surface area contributed by atoms with E-state index in [1.165, 1.54) is 6.07 Å². The molecule has 2 atom stereocenters. The van der Waals surface area contributed by atoms with Crippen LogP contribution in [0.5, 0.6) is 0 Å². The van der Waals surface area contributed by atoms with E-state index in [1.807, 2.05) is 48.7 Å². The molecule has 132 valence electrons. The average Bonchev–Trinajstić information content (AvgIpc) is 3.12. The highest BCUT2D eigenvalue weighted by Crippen LogP contribution is 2.39. The van der Waals surface area contributed by atoms with Crippen molar-refractivity contribution in [3.8, 4) is 0 Å². The summed E-state index contributed by atoms with van der Waals surface area (Å²) in [6.45, 7) is 0.732. The molecule has 0 saturated carbocycles. The lowest BCUT2D eigenvalue weighted by atomic mass is 9.79. The lowest BCUT2D eigenvalue weighted by molar-refractivity contribution is -0.120. The number of hydrogen-bond donors (Lipinski definition) is 1. The standard InChI is InChI=1S/C21H18F2N2O/c22-15-8-9-18(17(23)13-15)24-21(26)16-10-12-25-11-4-7-19(25)20(16)14-5-2-1-3-6-14/h1-9,11,13,16,20H,10,12H2,(H,24,26). The van der Waals surface area contributed by atoms with Crippen molar-refractivity contribution in [3.05, 3.63) is 89.8 Å². The Labute approximate surface area is 150 Å². The molecule has 0 spiro atoms. The molecule has 2 aromatic carbocycles. The fourth-order valence-electron chi connectivity index (χ4n) is 3.73. The zero-order valence-corrected chi connectivity index (χ0v) is 14.0. The number of hydrogen-bond acceptors (Lipinski definition) is 1. The molecule has 1 aliphatic rings. The maximum atomic E-state index is 13.9. The molecule has 0 aliphatic carbocycles. The summed E-state index contributed by atoms with van der Waals surface area (Å²) in [5.41, 5.74) is 2.12. The molecule has 5 heteroatoms. The Morgan fingerprint density at radius 1 is 1.04 bits per heavy atom. The van der Waals surface area contributed by atoms with Gasteiger partial charge in [-0.3, -0.25) is 4.79 Å². The van der Waals surface area contributed by atoms with Gasteiger partial charge in [0.25, 0.3) is 0 Å². The van der Waals surface area contributed by atoms with Gasteiger partial charge in [0.1, 0.15) is 11.6 Å². The van der Waals surface area contributed by atoms with Gasteiger partial charge in [-0.1, -0.05) is 30.3 Å². The third-order valence-electron chi connectivity index (χ3n) is 4.95. The van der Waals surface area contributed by atoms with E-state index in [1.54, 1.807) is 0 Å². The molecule has 0 fully saturated rings. The zero-order valence-electron chi connectivity index (χ0n) is 14.0. The van der Waals surface area contributed by atoms with Crippen LogP contribution in [-0.4, -0.2) is 10.5 Å². The van der Waals surface area contributed by atoms with Gasteiger partial charge in [-0.05, 0) is 36.2 Å². The number of benzene rings is 2. The average molecular weight is 352 g/mol. The van der Waals surface area contributed by atoms with E-state index >= 15 is 0 Å². The smallest absolute Gasteiger partial charge is 0.228 e. The van der Waals surface area contributed by atoms with Crippen molar-refractivity contribution in [3.63, 3.8) is 0 Å². The maximum Gasteiger partial charge on any atom is 0.228 e. The highest BCUT2D eigenvalue weighted by atomic mass is 19.1. The van der Waals surface area contributed by atoms with Crippen LogP contribution in [-0.2, 0) is 11.3 Å². The fraction of sp³-hybridized carbons (Fsp3) is 0.190. The second-order valence-electron chi connectivity index (χ2n) is 6.52. The minimum absolute atomic E-state index is 0.00386. The molecule has 2 unspecified atom stereocenters. The fourth-order valence-corrected chi connectivity index (χ4v) is 3.73. The number of halogens is 2. The molecule has 0 saturated heterocycles. The number of nitrogens with one attached hydrogen (secondary N) is 1. The summed E-state index contributed by atoms with van der Waals surface area (Å²) >= 11 is 0. The molecule has 3 aromatic rings. The normalized spacial score (nSPS) is 19.0. The van der Waals surface area contributed by atoms with Crippen LogP contribution in [0.25, 0.3) is 0 Å². The molecule has 1 aliphatic heterocycles. The van der Waals surface area contributed by atoms with Crippen molar-refractivity contribution in [2.45, 2.75) is 18.9 Å². The van der Waals surface area contributed by atoms with Crippen LogP contribution >= 0.6 is 0 Å². The van der Waals surface area contributed by atoms with Crippen LogP contribution in [0.2, 0.25) is 0 Å². The molecule has 2 heterocycles. The van der Waals surface area contributed by atoms with Gasteiger partial charge in [0.2, 0.25) is 5.91 Å². The number of anilines is 1. The summed E-state index contributed by atoms with van der Waals surface area (Å²) in [6.07, 6.45) is 2.66. The molecule has 26 heavy (non-hydrogen) atoms. The van der Waals surface area contributed by atoms with Crippen molar-refractivity contribution in [1.29, 1.82) is 0 Å². The molecule has 1 amide bonds. The van der Waals surface area contributed by atoms with Crippen LogP contribution in [0, 0.1) is 17.6 Å². The first-order valence-corrected chi connectivity index (χ1v) is 8.59. The molecule has 4 rings (SSSR count). The third-order valence-corrected chi connectivity index (χ3v) is 4.95. The van der Waals surface area contributed by atoms with Crippen molar-refractivity contribution in [1.82, 2.24) is 4.57 Å². The Kier molecular flexibility index (Phi) is 4.29. The minimum Gasteiger partial charge on any atom is -0.351 e. The van der Waals surface area contributed by atoms with E-state index in [9.17, 15) is 13.6 Å². The minimum atomic E-state index is -0.770. The Hall–Kier alpha value is -2.95. The molecule has 3 nitrogen and oxygen atoms in total. The predicted molar refractivity (Wildman–Crippen MR) is 95.8 cm³/mol. The second kappa shape index (κ2) is 6.75. The van der Waals surface area contributed by atoms with E-state index in [0.29, 0.717) is 6.42 Å². The molecule has 1 N–H and O–H groups in total. The van der Waals surface area contributed by atoms with E-state index in [2.05, 4.69) is 9.88 Å². The highest BCUT2D eigenvalue weighted by Gasteiger charge is 2.35. The van der Waals surface area contributed by atoms with Crippen LogP contribution in [0.4, 0.5) is 14.5 Å². The van der Waals surface area contributed by atoms with Crippen LogP contribution in [0.3, 0.4) is 0 Å². The first-order chi connectivity index (χ1) is 12.6. The molecular formula is C21H18F2N2O. The van der Waals surface area contributed by atoms with Crippen LogP contribution in [0.15, 0.2) is 66.9 Å². The summed E-state index contributed by atoms with van der Waals surface area (Å²) < 4.78 is 29.2. The van der Waals surface area contributed by atoms with E-state index in [-0.39, 0.29) is 23.4 Å². The van der Waals surface area contributed by atoms with Gasteiger partial charge in [-0.25, -0.2) is 8.78 Å². The molecule has 0 radical (unpaired) electrons. The second-order valence-corrected chi connectivity index (χ2v) is 6.52. The first-order valence-electron chi connectivity index (χ1n) is 8.59. The van der Waals surface area contributed by atoms with E-state index < -0.39 is 11.6 Å². The van der Waals surface area contributed by atoms with Gasteiger partial charge in [-0.15, -0.1) is 0 Å². The summed E-state index contributed by atoms with van der Waals surface area (Å²) in [5, 5.41) is 2.64. The Bertz CT molecular complexity index is 936. The van der Waals surface area contributed by atoms with Gasteiger partial charge >= 0.3 is 0 Å². The lowest BCUT2D eigenvalue weighted by Gasteiger charge is -2.33. The number of amides is 1. The van der Waals surface area contributed by atoms with Gasteiger partial charge in [0.05, 0.1) is 11.6 Å². The summed E-state index contributed by atoms with van der Waals surface area (Å²) in [4.78, 5) is 12.9. The van der Waals surface area contributed by atoms with Gasteiger partial charge < -0.3 is 9.88 Å². The van der Waals surface area contributed by atoms with Crippen molar-refractivity contribution in [2.75, 3.05) is 5.32 Å². The SMILES string of the molecule is O=C(Nc1ccc(F)cc1F)C1CCn2cccc2C1c1ccccc1. The number of carbonyl (C=O) groups excluding carboxylic acids is 1. The summed E-state index contributed by atoms with van der Waals surface area (Å²) in [5.74, 6) is -2.13. The van der Waals surface area contributed by atoms with Gasteiger partial charge in [0.15, 0.2) is 0 Å². The number of nitrogens with zero attached hydrogens (tertiary/aromatic N) is 1.